The number of benzene rings is 1. The molecule has 0 amide bonds. The van der Waals surface area contributed by atoms with Gasteiger partial charge in [-0.25, -0.2) is 4.98 Å². The fraction of sp³-hybridized carbons (Fsp3) is 0.357. The third-order valence-corrected chi connectivity index (χ3v) is 4.42. The van der Waals surface area contributed by atoms with Crippen LogP contribution in [0.2, 0.25) is 0 Å². The van der Waals surface area contributed by atoms with Crippen LogP contribution in [0.5, 0.6) is 0 Å². The van der Waals surface area contributed by atoms with Crippen molar-refractivity contribution in [3.63, 3.8) is 0 Å². The lowest BCUT2D eigenvalue weighted by molar-refractivity contribution is 0.557. The number of aryl methyl sites for hydroxylation is 1. The molecule has 0 saturated carbocycles. The number of nitrogens with one attached hydrogen (secondary N) is 1. The molecule has 102 valence electrons. The number of halogens is 2. The first-order chi connectivity index (χ1) is 9.17. The van der Waals surface area contributed by atoms with Gasteiger partial charge in [0.15, 0.2) is 0 Å². The maximum Gasteiger partial charge on any atom is 0.130 e. The first-order valence-corrected chi connectivity index (χ1v) is 8.23. The summed E-state index contributed by atoms with van der Waals surface area (Å²) < 4.78 is 4.53. The number of hydrogen-bond donors (Lipinski definition) is 1. The van der Waals surface area contributed by atoms with Crippen molar-refractivity contribution < 1.29 is 0 Å². The van der Waals surface area contributed by atoms with E-state index in [0.29, 0.717) is 0 Å². The van der Waals surface area contributed by atoms with Crippen LogP contribution in [0.25, 0.3) is 0 Å². The number of nitrogens with zero attached hydrogens (tertiary/aromatic N) is 2. The Balaban J connectivity index is 2.48. The van der Waals surface area contributed by atoms with Crippen molar-refractivity contribution in [1.29, 1.82) is 0 Å². The normalized spacial score (nSPS) is 12.6. The zero-order chi connectivity index (χ0) is 13.8. The lowest BCUT2D eigenvalue weighted by atomic mass is 10.1. The molecule has 1 heterocycles. The summed E-state index contributed by atoms with van der Waals surface area (Å²) in [7, 11) is 0. The lowest BCUT2D eigenvalue weighted by Gasteiger charge is -2.20. The molecule has 1 N–H and O–H groups in total. The zero-order valence-corrected chi connectivity index (χ0v) is 14.8. The Bertz CT molecular complexity index is 553. The average Bonchev–Trinajstić information content (AvgIpc) is 2.87. The monoisotopic (exact) mass is 433 g/mol. The van der Waals surface area contributed by atoms with Crippen molar-refractivity contribution in [2.45, 2.75) is 26.4 Å². The van der Waals surface area contributed by atoms with Crippen molar-refractivity contribution in [3.8, 4) is 0 Å². The number of imidazole rings is 1. The Morgan fingerprint density at radius 3 is 2.89 bits per heavy atom. The highest BCUT2D eigenvalue weighted by Crippen LogP contribution is 2.29. The molecular formula is C14H17BrIN3. The van der Waals surface area contributed by atoms with E-state index in [9.17, 15) is 0 Å². The van der Waals surface area contributed by atoms with E-state index in [2.05, 4.69) is 85.4 Å². The van der Waals surface area contributed by atoms with E-state index in [4.69, 9.17) is 0 Å². The molecule has 0 aliphatic carbocycles. The predicted octanol–water partition coefficient (Wildman–Crippen LogP) is 3.97. The van der Waals surface area contributed by atoms with Gasteiger partial charge in [-0.2, -0.15) is 0 Å². The Morgan fingerprint density at radius 2 is 2.21 bits per heavy atom. The fourth-order valence-electron chi connectivity index (χ4n) is 2.13. The molecule has 19 heavy (non-hydrogen) atoms. The summed E-state index contributed by atoms with van der Waals surface area (Å²) in [5, 5.41) is 3.53. The SMILES string of the molecule is CCNC(c1cc(I)ccc1Br)c1nccn1CC. The standard InChI is InChI=1S/C14H17BrIN3/c1-3-17-13(14-18-7-8-19(14)4-2)11-9-10(16)5-6-12(11)15/h5-9,13,17H,3-4H2,1-2H3. The van der Waals surface area contributed by atoms with Crippen LogP contribution in [0, 0.1) is 3.57 Å². The van der Waals surface area contributed by atoms with Gasteiger partial charge in [-0.15, -0.1) is 0 Å². The lowest BCUT2D eigenvalue weighted by Crippen LogP contribution is -2.25. The Morgan fingerprint density at radius 1 is 1.42 bits per heavy atom. The molecule has 5 heteroatoms. The summed E-state index contributed by atoms with van der Waals surface area (Å²) in [5.74, 6) is 1.06. The summed E-state index contributed by atoms with van der Waals surface area (Å²) in [6.45, 7) is 6.09. The minimum absolute atomic E-state index is 0.115. The largest absolute Gasteiger partial charge is 0.334 e. The van der Waals surface area contributed by atoms with Crippen molar-refractivity contribution in [3.05, 3.63) is 50.0 Å². The van der Waals surface area contributed by atoms with Crippen molar-refractivity contribution >= 4 is 38.5 Å². The molecule has 2 aromatic rings. The van der Waals surface area contributed by atoms with Crippen molar-refractivity contribution in [1.82, 2.24) is 14.9 Å². The number of aromatic nitrogens is 2. The van der Waals surface area contributed by atoms with Crippen LogP contribution in [-0.2, 0) is 6.54 Å². The first-order valence-electron chi connectivity index (χ1n) is 6.36. The minimum Gasteiger partial charge on any atom is -0.334 e. The number of rotatable bonds is 5. The predicted molar refractivity (Wildman–Crippen MR) is 90.3 cm³/mol. The van der Waals surface area contributed by atoms with Gasteiger partial charge in [-0.3, -0.25) is 0 Å². The Kier molecular flexibility index (Phi) is 5.41. The molecule has 0 fully saturated rings. The molecule has 0 saturated heterocycles. The maximum absolute atomic E-state index is 4.53. The van der Waals surface area contributed by atoms with Crippen LogP contribution in [0.4, 0.5) is 0 Å². The Labute approximate surface area is 136 Å². The zero-order valence-electron chi connectivity index (χ0n) is 11.0. The molecule has 0 bridgehead atoms. The molecule has 1 atom stereocenters. The maximum atomic E-state index is 4.53. The highest BCUT2D eigenvalue weighted by Gasteiger charge is 2.20. The summed E-state index contributed by atoms with van der Waals surface area (Å²) in [6.07, 6.45) is 3.90. The molecule has 1 aromatic carbocycles. The second kappa shape index (κ2) is 6.85. The van der Waals surface area contributed by atoms with Gasteiger partial charge in [0.05, 0.1) is 6.04 Å². The van der Waals surface area contributed by atoms with E-state index >= 15 is 0 Å². The second-order valence-corrected chi connectivity index (χ2v) is 6.33. The molecule has 0 spiro atoms. The smallest absolute Gasteiger partial charge is 0.130 e. The Hall–Kier alpha value is -0.400. The van der Waals surface area contributed by atoms with Gasteiger partial charge in [-0.1, -0.05) is 22.9 Å². The topological polar surface area (TPSA) is 29.9 Å². The summed E-state index contributed by atoms with van der Waals surface area (Å²) in [4.78, 5) is 4.53. The summed E-state index contributed by atoms with van der Waals surface area (Å²) in [6, 6.07) is 6.51. The average molecular weight is 434 g/mol. The van der Waals surface area contributed by atoms with E-state index < -0.39 is 0 Å². The van der Waals surface area contributed by atoms with Gasteiger partial charge in [0.1, 0.15) is 5.82 Å². The quantitative estimate of drug-likeness (QED) is 0.723. The second-order valence-electron chi connectivity index (χ2n) is 4.23. The van der Waals surface area contributed by atoms with E-state index in [1.807, 2.05) is 12.4 Å². The van der Waals surface area contributed by atoms with Crippen LogP contribution >= 0.6 is 38.5 Å². The molecule has 0 aliphatic rings. The summed E-state index contributed by atoms with van der Waals surface area (Å²) >= 11 is 6.00. The highest BCUT2D eigenvalue weighted by atomic mass is 127. The highest BCUT2D eigenvalue weighted by molar-refractivity contribution is 14.1. The van der Waals surface area contributed by atoms with Crippen molar-refractivity contribution in [2.75, 3.05) is 6.54 Å². The van der Waals surface area contributed by atoms with E-state index in [1.165, 1.54) is 9.13 Å². The first kappa shape index (κ1) is 15.0. The molecule has 3 nitrogen and oxygen atoms in total. The van der Waals surface area contributed by atoms with E-state index in [0.717, 1.165) is 23.4 Å². The molecule has 1 unspecified atom stereocenters. The summed E-state index contributed by atoms with van der Waals surface area (Å²) in [5.41, 5.74) is 1.23. The third kappa shape index (κ3) is 3.38. The third-order valence-electron chi connectivity index (χ3n) is 3.02. The molecule has 2 rings (SSSR count). The van der Waals surface area contributed by atoms with E-state index in [-0.39, 0.29) is 6.04 Å². The van der Waals surface area contributed by atoms with Gasteiger partial charge < -0.3 is 9.88 Å². The molecule has 0 radical (unpaired) electrons. The van der Waals surface area contributed by atoms with E-state index in [1.54, 1.807) is 0 Å². The number of hydrogen-bond acceptors (Lipinski definition) is 2. The van der Waals surface area contributed by atoms with Crippen LogP contribution in [0.15, 0.2) is 35.1 Å². The van der Waals surface area contributed by atoms with Gasteiger partial charge in [0, 0.05) is 27.0 Å². The van der Waals surface area contributed by atoms with Crippen LogP contribution in [-0.4, -0.2) is 16.1 Å². The van der Waals surface area contributed by atoms with Crippen molar-refractivity contribution in [2.24, 2.45) is 0 Å². The molecular weight excluding hydrogens is 417 g/mol. The van der Waals surface area contributed by atoms with Crippen LogP contribution in [0.3, 0.4) is 0 Å². The molecule has 1 aromatic heterocycles. The van der Waals surface area contributed by atoms with Crippen LogP contribution in [0.1, 0.15) is 31.3 Å². The fourth-order valence-corrected chi connectivity index (χ4v) is 3.12. The van der Waals surface area contributed by atoms with Gasteiger partial charge >= 0.3 is 0 Å². The van der Waals surface area contributed by atoms with Gasteiger partial charge in [0.25, 0.3) is 0 Å². The van der Waals surface area contributed by atoms with Crippen LogP contribution < -0.4 is 5.32 Å². The minimum atomic E-state index is 0.115. The molecule has 0 aliphatic heterocycles. The van der Waals surface area contributed by atoms with Gasteiger partial charge in [0.2, 0.25) is 0 Å². The van der Waals surface area contributed by atoms with Gasteiger partial charge in [-0.05, 0) is 59.8 Å².